The van der Waals surface area contributed by atoms with Gasteiger partial charge in [0.1, 0.15) is 0 Å². The Kier molecular flexibility index (Phi) is 7.97. The first kappa shape index (κ1) is 32.7. The van der Waals surface area contributed by atoms with Crippen LogP contribution in [0.5, 0.6) is 0 Å². The molecule has 0 radical (unpaired) electrons. The summed E-state index contributed by atoms with van der Waals surface area (Å²) in [5.74, 6) is 1.62. The summed E-state index contributed by atoms with van der Waals surface area (Å²) < 4.78 is 0. The second kappa shape index (κ2) is 12.9. The maximum Gasteiger partial charge on any atom is 0.0543 e. The number of nitrogens with zero attached hydrogens (tertiary/aromatic N) is 1. The van der Waals surface area contributed by atoms with Gasteiger partial charge < -0.3 is 4.90 Å². The average molecular weight is 690 g/mol. The summed E-state index contributed by atoms with van der Waals surface area (Å²) in [4.78, 5) is 2.57. The van der Waals surface area contributed by atoms with E-state index in [9.17, 15) is 0 Å². The Morgan fingerprint density at radius 2 is 1.13 bits per heavy atom. The summed E-state index contributed by atoms with van der Waals surface area (Å²) in [6.45, 7) is 4.87. The molecule has 0 spiro atoms. The van der Waals surface area contributed by atoms with E-state index in [2.05, 4.69) is 158 Å². The molecule has 0 atom stereocenters. The van der Waals surface area contributed by atoms with Gasteiger partial charge in [0, 0.05) is 22.4 Å². The number of hydrogen-bond acceptors (Lipinski definition) is 1. The van der Waals surface area contributed by atoms with E-state index in [-0.39, 0.29) is 5.41 Å². The van der Waals surface area contributed by atoms with Gasteiger partial charge in [-0.2, -0.15) is 0 Å². The molecule has 0 saturated heterocycles. The number of fused-ring (bicyclic) bond motifs is 5. The quantitative estimate of drug-likeness (QED) is 0.161. The van der Waals surface area contributed by atoms with Gasteiger partial charge in [-0.25, -0.2) is 0 Å². The molecule has 53 heavy (non-hydrogen) atoms. The molecule has 3 fully saturated rings. The second-order valence-corrected chi connectivity index (χ2v) is 17.2. The maximum atomic E-state index is 2.57. The van der Waals surface area contributed by atoms with Crippen LogP contribution >= 0.6 is 0 Å². The standard InChI is InChI=1S/C52H51N/c1-51(2)48-34-49(46(40-17-10-5-11-18-40)33-47(48)45-20-12-19-44(50(45)51)39-15-8-4-9-16-39)53(42-25-21-38(22-26-42)37-13-6-3-7-14-37)43-27-23-41(24-28-43)52-31-29-36(35-52)30-32-52/h4-5,8-12,15-28,33-34,36-37H,3,6-7,13-14,29-32,35H2,1-2H3. The Bertz CT molecular complexity index is 2250. The molecule has 0 aliphatic heterocycles. The monoisotopic (exact) mass is 689 g/mol. The molecule has 3 saturated carbocycles. The predicted molar refractivity (Wildman–Crippen MR) is 224 cm³/mol. The summed E-state index contributed by atoms with van der Waals surface area (Å²) >= 11 is 0. The molecule has 4 aliphatic rings. The van der Waals surface area contributed by atoms with Gasteiger partial charge in [0.25, 0.3) is 0 Å². The number of hydrogen-bond donors (Lipinski definition) is 0. The van der Waals surface area contributed by atoms with Crippen molar-refractivity contribution in [1.29, 1.82) is 0 Å². The van der Waals surface area contributed by atoms with Crippen LogP contribution in [0.3, 0.4) is 0 Å². The van der Waals surface area contributed by atoms with Crippen LogP contribution < -0.4 is 4.90 Å². The second-order valence-electron chi connectivity index (χ2n) is 17.2. The zero-order chi connectivity index (χ0) is 35.6. The zero-order valence-electron chi connectivity index (χ0n) is 31.5. The van der Waals surface area contributed by atoms with Crippen molar-refractivity contribution in [3.05, 3.63) is 162 Å². The highest BCUT2D eigenvalue weighted by molar-refractivity contribution is 5.96. The molecular weight excluding hydrogens is 639 g/mol. The van der Waals surface area contributed by atoms with Crippen LogP contribution in [0.15, 0.2) is 140 Å². The average Bonchev–Trinajstić information content (AvgIpc) is 3.91. The molecule has 0 heterocycles. The fraction of sp³-hybridized carbons (Fsp3) is 0.308. The topological polar surface area (TPSA) is 3.24 Å². The van der Waals surface area contributed by atoms with Crippen LogP contribution in [-0.4, -0.2) is 0 Å². The van der Waals surface area contributed by atoms with E-state index < -0.39 is 0 Å². The lowest BCUT2D eigenvalue weighted by Gasteiger charge is -2.32. The van der Waals surface area contributed by atoms with Crippen LogP contribution in [0.2, 0.25) is 0 Å². The van der Waals surface area contributed by atoms with Gasteiger partial charge in [0.15, 0.2) is 0 Å². The normalized spacial score (nSPS) is 21.4. The highest BCUT2D eigenvalue weighted by Crippen LogP contribution is 2.57. The molecule has 1 nitrogen and oxygen atoms in total. The van der Waals surface area contributed by atoms with Crippen molar-refractivity contribution in [3.8, 4) is 33.4 Å². The number of rotatable bonds is 7. The maximum absolute atomic E-state index is 2.57. The minimum atomic E-state index is -0.178. The lowest BCUT2D eigenvalue weighted by Crippen LogP contribution is -2.20. The molecule has 2 bridgehead atoms. The Hall–Kier alpha value is -4.88. The summed E-state index contributed by atoms with van der Waals surface area (Å²) in [6, 6.07) is 53.5. The van der Waals surface area contributed by atoms with Crippen LogP contribution in [0.4, 0.5) is 17.1 Å². The van der Waals surface area contributed by atoms with E-state index in [0.29, 0.717) is 11.3 Å². The third-order valence-electron chi connectivity index (χ3n) is 13.9. The van der Waals surface area contributed by atoms with Crippen LogP contribution in [-0.2, 0) is 10.8 Å². The van der Waals surface area contributed by atoms with E-state index in [1.165, 1.54) is 131 Å². The predicted octanol–water partition coefficient (Wildman–Crippen LogP) is 14.7. The van der Waals surface area contributed by atoms with E-state index in [4.69, 9.17) is 0 Å². The van der Waals surface area contributed by atoms with Gasteiger partial charge in [-0.15, -0.1) is 0 Å². The first-order valence-electron chi connectivity index (χ1n) is 20.4. The molecule has 6 aromatic carbocycles. The van der Waals surface area contributed by atoms with E-state index in [1.807, 2.05) is 0 Å². The number of benzene rings is 6. The first-order valence-corrected chi connectivity index (χ1v) is 20.4. The van der Waals surface area contributed by atoms with Gasteiger partial charge in [-0.3, -0.25) is 0 Å². The van der Waals surface area contributed by atoms with Crippen LogP contribution in [0.25, 0.3) is 33.4 Å². The summed E-state index contributed by atoms with van der Waals surface area (Å²) in [7, 11) is 0. The van der Waals surface area contributed by atoms with Gasteiger partial charge in [0.2, 0.25) is 0 Å². The van der Waals surface area contributed by atoms with E-state index >= 15 is 0 Å². The van der Waals surface area contributed by atoms with Crippen molar-refractivity contribution in [3.63, 3.8) is 0 Å². The van der Waals surface area contributed by atoms with Crippen molar-refractivity contribution in [1.82, 2.24) is 0 Å². The highest BCUT2D eigenvalue weighted by Gasteiger charge is 2.46. The molecular formula is C52H51N. The lowest BCUT2D eigenvalue weighted by molar-refractivity contribution is 0.419. The van der Waals surface area contributed by atoms with Gasteiger partial charge in [0.05, 0.1) is 5.69 Å². The molecule has 0 amide bonds. The largest absolute Gasteiger partial charge is 0.310 e. The SMILES string of the molecule is CC1(C)c2cc(N(c3ccc(C4CCCCC4)cc3)c3ccc(C45CCC(CC4)C5)cc3)c(-c3ccccc3)cc2-c2cccc(-c3ccccc3)c21. The number of anilines is 3. The molecule has 4 aliphatic carbocycles. The minimum Gasteiger partial charge on any atom is -0.310 e. The molecule has 1 heteroatoms. The van der Waals surface area contributed by atoms with E-state index in [0.717, 1.165) is 5.92 Å². The molecule has 0 N–H and O–H groups in total. The molecule has 6 aromatic rings. The van der Waals surface area contributed by atoms with Crippen LogP contribution in [0, 0.1) is 5.92 Å². The van der Waals surface area contributed by atoms with E-state index in [1.54, 1.807) is 5.56 Å². The summed E-state index contributed by atoms with van der Waals surface area (Å²) in [5, 5.41) is 0. The summed E-state index contributed by atoms with van der Waals surface area (Å²) in [6.07, 6.45) is 13.6. The van der Waals surface area contributed by atoms with Gasteiger partial charge in [-0.05, 0) is 149 Å². The Balaban J connectivity index is 1.16. The van der Waals surface area contributed by atoms with Crippen molar-refractivity contribution >= 4 is 17.1 Å². The fourth-order valence-corrected chi connectivity index (χ4v) is 11.1. The summed E-state index contributed by atoms with van der Waals surface area (Å²) in [5.41, 5.74) is 17.6. The Morgan fingerprint density at radius 1 is 0.528 bits per heavy atom. The Morgan fingerprint density at radius 3 is 1.75 bits per heavy atom. The highest BCUT2D eigenvalue weighted by atomic mass is 15.1. The van der Waals surface area contributed by atoms with Crippen molar-refractivity contribution < 1.29 is 0 Å². The molecule has 0 aromatic heterocycles. The minimum absolute atomic E-state index is 0.178. The third kappa shape index (κ3) is 5.50. The van der Waals surface area contributed by atoms with Crippen molar-refractivity contribution in [2.45, 2.75) is 94.8 Å². The fourth-order valence-electron chi connectivity index (χ4n) is 11.1. The zero-order valence-corrected chi connectivity index (χ0v) is 31.5. The van der Waals surface area contributed by atoms with Crippen molar-refractivity contribution in [2.24, 2.45) is 5.92 Å². The molecule has 0 unspecified atom stereocenters. The third-order valence-corrected chi connectivity index (χ3v) is 13.9. The van der Waals surface area contributed by atoms with Crippen molar-refractivity contribution in [2.75, 3.05) is 4.90 Å². The molecule has 10 rings (SSSR count). The van der Waals surface area contributed by atoms with Crippen LogP contribution in [0.1, 0.15) is 106 Å². The lowest BCUT2D eigenvalue weighted by atomic mass is 9.77. The van der Waals surface area contributed by atoms with Gasteiger partial charge >= 0.3 is 0 Å². The Labute approximate surface area is 316 Å². The smallest absolute Gasteiger partial charge is 0.0543 e. The molecule has 264 valence electrons. The first-order chi connectivity index (χ1) is 26.0. The van der Waals surface area contributed by atoms with Gasteiger partial charge in [-0.1, -0.05) is 136 Å².